The van der Waals surface area contributed by atoms with Crippen molar-refractivity contribution in [2.24, 2.45) is 10.1 Å². The van der Waals surface area contributed by atoms with Gasteiger partial charge in [0.25, 0.3) is 5.91 Å². The molecule has 0 unspecified atom stereocenters. The number of amidine groups is 2. The number of nitrogens with zero attached hydrogens (tertiary/aromatic N) is 5. The van der Waals surface area contributed by atoms with Crippen molar-refractivity contribution >= 4 is 39.8 Å². The van der Waals surface area contributed by atoms with Crippen LogP contribution in [0.15, 0.2) is 70.5 Å². The van der Waals surface area contributed by atoms with Gasteiger partial charge in [-0.25, -0.2) is 0 Å². The van der Waals surface area contributed by atoms with Crippen LogP contribution < -0.4 is 0 Å². The van der Waals surface area contributed by atoms with Gasteiger partial charge in [0.15, 0.2) is 5.84 Å². The maximum atomic E-state index is 12.8. The van der Waals surface area contributed by atoms with Crippen molar-refractivity contribution < 1.29 is 4.79 Å². The predicted molar refractivity (Wildman–Crippen MR) is 128 cm³/mol. The number of hydrogen-bond acceptors (Lipinski definition) is 5. The summed E-state index contributed by atoms with van der Waals surface area (Å²) in [5.74, 6) is -0.414. The first kappa shape index (κ1) is 20.1. The highest BCUT2D eigenvalue weighted by Gasteiger charge is 2.36. The van der Waals surface area contributed by atoms with Gasteiger partial charge in [0.2, 0.25) is 5.17 Å². The summed E-state index contributed by atoms with van der Waals surface area (Å²) in [6.45, 7) is 6.10. The molecule has 0 fully saturated rings. The highest BCUT2D eigenvalue weighted by atomic mass is 32.2. The average Bonchev–Trinajstić information content (AvgIpc) is 3.33. The summed E-state index contributed by atoms with van der Waals surface area (Å²) in [6.07, 6.45) is 5.13. The molecule has 0 saturated heterocycles. The molecule has 158 valence electrons. The van der Waals surface area contributed by atoms with E-state index in [-0.39, 0.29) is 11.4 Å². The number of hydrazone groups is 1. The molecule has 0 radical (unpaired) electrons. The molecule has 8 heteroatoms. The molecule has 2 aliphatic rings. The van der Waals surface area contributed by atoms with Gasteiger partial charge in [-0.15, -0.1) is 0 Å². The summed E-state index contributed by atoms with van der Waals surface area (Å²) in [4.78, 5) is 21.1. The van der Waals surface area contributed by atoms with E-state index in [1.807, 2.05) is 32.0 Å². The number of nitrogens with one attached hydrogen (secondary N) is 1. The Hall–Kier alpha value is -3.78. The molecule has 2 aromatic heterocycles. The standard InChI is InChI=1S/C24H20N6OS/c1-14-6-8-19(9-7-14)29-15(2)11-18(16(29)3)12-20-21(25)30-24(27-22(20)31)32-23(28-30)17-5-4-10-26-13-17/h4-13,25H,1-3H3/b20-12-,25-21?. The topological polar surface area (TPSA) is 86.7 Å². The maximum Gasteiger partial charge on any atom is 0.283 e. The third-order valence-corrected chi connectivity index (χ3v) is 6.38. The quantitative estimate of drug-likeness (QED) is 0.609. The fourth-order valence-corrected chi connectivity index (χ4v) is 4.66. The van der Waals surface area contributed by atoms with E-state index in [1.54, 1.807) is 18.5 Å². The number of rotatable bonds is 3. The summed E-state index contributed by atoms with van der Waals surface area (Å²) in [6, 6.07) is 14.0. The van der Waals surface area contributed by atoms with Gasteiger partial charge in [-0.05, 0) is 74.5 Å². The number of aryl methyl sites for hydroxylation is 2. The summed E-state index contributed by atoms with van der Waals surface area (Å²) in [5.41, 5.74) is 6.20. The summed E-state index contributed by atoms with van der Waals surface area (Å²) >= 11 is 1.26. The Kier molecular flexibility index (Phi) is 4.86. The fourth-order valence-electron chi connectivity index (χ4n) is 3.78. The Morgan fingerprint density at radius 1 is 1.09 bits per heavy atom. The zero-order valence-electron chi connectivity index (χ0n) is 17.8. The normalized spacial score (nSPS) is 17.0. The lowest BCUT2D eigenvalue weighted by molar-refractivity contribution is -0.114. The molecule has 1 amide bonds. The average molecular weight is 441 g/mol. The van der Waals surface area contributed by atoms with E-state index >= 15 is 0 Å². The van der Waals surface area contributed by atoms with Crippen LogP contribution in [0.25, 0.3) is 11.8 Å². The molecule has 7 nitrogen and oxygen atoms in total. The van der Waals surface area contributed by atoms with Crippen LogP contribution in [0.4, 0.5) is 0 Å². The van der Waals surface area contributed by atoms with Crippen molar-refractivity contribution in [1.82, 2.24) is 14.6 Å². The Labute approximate surface area is 189 Å². The minimum absolute atomic E-state index is 0.0199. The molecule has 1 aromatic carbocycles. The third kappa shape index (κ3) is 3.38. The lowest BCUT2D eigenvalue weighted by atomic mass is 10.1. The lowest BCUT2D eigenvalue weighted by Gasteiger charge is -2.20. The summed E-state index contributed by atoms with van der Waals surface area (Å²) < 4.78 is 2.14. The van der Waals surface area contributed by atoms with Crippen LogP contribution in [-0.2, 0) is 4.79 Å². The number of hydrogen-bond donors (Lipinski definition) is 1. The number of thioether (sulfide) groups is 1. The number of aromatic nitrogens is 2. The smallest absolute Gasteiger partial charge is 0.283 e. The minimum atomic E-state index is -0.434. The second kappa shape index (κ2) is 7.72. The fraction of sp³-hybridized carbons (Fsp3) is 0.125. The predicted octanol–water partition coefficient (Wildman–Crippen LogP) is 4.47. The van der Waals surface area contributed by atoms with Crippen LogP contribution in [0.1, 0.15) is 28.1 Å². The summed E-state index contributed by atoms with van der Waals surface area (Å²) in [7, 11) is 0. The number of benzene rings is 1. The Bertz CT molecular complexity index is 1350. The van der Waals surface area contributed by atoms with Crippen molar-refractivity contribution in [3.8, 4) is 5.69 Å². The first-order chi connectivity index (χ1) is 15.4. The SMILES string of the molecule is Cc1ccc(-n2c(C)cc(/C=C3/C(=N)N4N=C(c5cccnc5)SC4=NC3=O)c2C)cc1. The van der Waals surface area contributed by atoms with Crippen LogP contribution in [0, 0.1) is 26.2 Å². The second-order valence-electron chi connectivity index (χ2n) is 7.66. The molecule has 3 aromatic rings. The second-order valence-corrected chi connectivity index (χ2v) is 8.62. The molecule has 5 rings (SSSR count). The van der Waals surface area contributed by atoms with Gasteiger partial charge in [0.1, 0.15) is 5.04 Å². The third-order valence-electron chi connectivity index (χ3n) is 5.43. The van der Waals surface area contributed by atoms with E-state index in [4.69, 9.17) is 5.41 Å². The van der Waals surface area contributed by atoms with E-state index in [2.05, 4.69) is 50.8 Å². The van der Waals surface area contributed by atoms with Crippen molar-refractivity contribution in [1.29, 1.82) is 5.41 Å². The van der Waals surface area contributed by atoms with Crippen molar-refractivity contribution in [2.45, 2.75) is 20.8 Å². The van der Waals surface area contributed by atoms with E-state index in [0.29, 0.717) is 10.2 Å². The van der Waals surface area contributed by atoms with Gasteiger partial charge < -0.3 is 4.57 Å². The molecule has 0 atom stereocenters. The first-order valence-corrected chi connectivity index (χ1v) is 10.9. The van der Waals surface area contributed by atoms with E-state index < -0.39 is 5.91 Å². The first-order valence-electron chi connectivity index (χ1n) is 10.1. The zero-order chi connectivity index (χ0) is 22.4. The Morgan fingerprint density at radius 2 is 1.88 bits per heavy atom. The molecule has 0 spiro atoms. The van der Waals surface area contributed by atoms with Crippen LogP contribution in [-0.4, -0.2) is 36.5 Å². The molecule has 4 heterocycles. The number of aliphatic imine (C=N–C) groups is 1. The number of carbonyl (C=O) groups excluding carboxylic acids is 1. The maximum absolute atomic E-state index is 12.8. The zero-order valence-corrected chi connectivity index (χ0v) is 18.6. The molecular formula is C24H20N6OS. The molecule has 1 N–H and O–H groups in total. The molecule has 0 bridgehead atoms. The number of pyridine rings is 1. The van der Waals surface area contributed by atoms with Crippen LogP contribution in [0.5, 0.6) is 0 Å². The highest BCUT2D eigenvalue weighted by Crippen LogP contribution is 2.31. The Balaban J connectivity index is 1.51. The van der Waals surface area contributed by atoms with Gasteiger partial charge >= 0.3 is 0 Å². The summed E-state index contributed by atoms with van der Waals surface area (Å²) in [5, 5.41) is 15.6. The van der Waals surface area contributed by atoms with Gasteiger partial charge in [-0.2, -0.15) is 15.1 Å². The van der Waals surface area contributed by atoms with E-state index in [1.165, 1.54) is 22.3 Å². The van der Waals surface area contributed by atoms with Crippen LogP contribution in [0.3, 0.4) is 0 Å². The largest absolute Gasteiger partial charge is 0.318 e. The van der Waals surface area contributed by atoms with Crippen LogP contribution in [0.2, 0.25) is 0 Å². The van der Waals surface area contributed by atoms with Crippen molar-refractivity contribution in [3.05, 3.63) is 88.5 Å². The van der Waals surface area contributed by atoms with Crippen molar-refractivity contribution in [3.63, 3.8) is 0 Å². The number of fused-ring (bicyclic) bond motifs is 1. The van der Waals surface area contributed by atoms with Crippen LogP contribution >= 0.6 is 11.8 Å². The van der Waals surface area contributed by atoms with E-state index in [9.17, 15) is 4.79 Å². The number of carbonyl (C=O) groups is 1. The Morgan fingerprint density at radius 3 is 2.59 bits per heavy atom. The molecule has 2 aliphatic heterocycles. The van der Waals surface area contributed by atoms with Crippen molar-refractivity contribution in [2.75, 3.05) is 0 Å². The van der Waals surface area contributed by atoms with Gasteiger partial charge in [0.05, 0.1) is 5.57 Å². The molecule has 0 aliphatic carbocycles. The van der Waals surface area contributed by atoms with Gasteiger partial charge in [-0.1, -0.05) is 17.7 Å². The molecular weight excluding hydrogens is 420 g/mol. The van der Waals surface area contributed by atoms with Gasteiger partial charge in [0, 0.05) is 35.0 Å². The molecule has 0 saturated carbocycles. The monoisotopic (exact) mass is 440 g/mol. The van der Waals surface area contributed by atoms with E-state index in [0.717, 1.165) is 28.2 Å². The molecule has 32 heavy (non-hydrogen) atoms. The minimum Gasteiger partial charge on any atom is -0.318 e. The van der Waals surface area contributed by atoms with Gasteiger partial charge in [-0.3, -0.25) is 15.2 Å². The lowest BCUT2D eigenvalue weighted by Crippen LogP contribution is -2.35. The highest BCUT2D eigenvalue weighted by molar-refractivity contribution is 8.27. The number of amides is 1.